The zero-order chi connectivity index (χ0) is 24.5. The van der Waals surface area contributed by atoms with E-state index in [1.807, 2.05) is 18.2 Å². The van der Waals surface area contributed by atoms with Crippen LogP contribution < -0.4 is 14.4 Å². The van der Waals surface area contributed by atoms with Crippen LogP contribution in [0.25, 0.3) is 10.2 Å². The highest BCUT2D eigenvalue weighted by molar-refractivity contribution is 7.22. The number of amides is 2. The van der Waals surface area contributed by atoms with Crippen molar-refractivity contribution in [1.82, 2.24) is 9.88 Å². The maximum absolute atomic E-state index is 13.5. The van der Waals surface area contributed by atoms with Crippen LogP contribution in [0, 0.1) is 5.82 Å². The lowest BCUT2D eigenvalue weighted by atomic mass is 9.98. The van der Waals surface area contributed by atoms with Crippen LogP contribution in [0.2, 0.25) is 0 Å². The molecular formula is C25H26FN3O5S. The molecule has 2 fully saturated rings. The maximum atomic E-state index is 13.5. The predicted octanol–water partition coefficient (Wildman–Crippen LogP) is 3.94. The van der Waals surface area contributed by atoms with Crippen LogP contribution >= 0.6 is 11.3 Å². The number of nitrogens with zero attached hydrogens (tertiary/aromatic N) is 3. The van der Waals surface area contributed by atoms with Crippen LogP contribution in [0.1, 0.15) is 30.7 Å². The second kappa shape index (κ2) is 9.79. The Kier molecular flexibility index (Phi) is 6.57. The standard InChI is InChI=1S/C25H26FN3O5S/c1-28(25-27-18-7-6-17(26)12-21(18)35-25)23(31)14-29-13-16(11-22(29)30)15-5-8-19(32-2)20(10-15)34-24-4-3-9-33-24/h5-8,10,12,16,24H,3-4,9,11,13-14H2,1-2H3/t16-,24?/m1/s1. The van der Waals surface area contributed by atoms with E-state index in [1.165, 1.54) is 28.4 Å². The van der Waals surface area contributed by atoms with Crippen LogP contribution in [0.5, 0.6) is 11.5 Å². The number of carbonyl (C=O) groups is 2. The first-order valence-corrected chi connectivity index (χ1v) is 12.3. The number of hydrogen-bond donors (Lipinski definition) is 0. The summed E-state index contributed by atoms with van der Waals surface area (Å²) in [6.07, 6.45) is 1.79. The fraction of sp³-hybridized carbons (Fsp3) is 0.400. The molecule has 0 spiro atoms. The third kappa shape index (κ3) is 4.94. The van der Waals surface area contributed by atoms with Gasteiger partial charge in [0.25, 0.3) is 0 Å². The number of thiazole rings is 1. The minimum Gasteiger partial charge on any atom is -0.493 e. The number of ether oxygens (including phenoxy) is 3. The van der Waals surface area contributed by atoms with Crippen LogP contribution in [-0.4, -0.2) is 61.8 Å². The van der Waals surface area contributed by atoms with Crippen molar-refractivity contribution in [2.75, 3.05) is 38.8 Å². The van der Waals surface area contributed by atoms with Crippen molar-refractivity contribution >= 4 is 38.5 Å². The van der Waals surface area contributed by atoms with E-state index in [4.69, 9.17) is 14.2 Å². The average Bonchev–Trinajstić information content (AvgIpc) is 3.59. The van der Waals surface area contributed by atoms with Gasteiger partial charge >= 0.3 is 0 Å². The molecule has 2 aromatic carbocycles. The molecule has 0 radical (unpaired) electrons. The first-order chi connectivity index (χ1) is 16.9. The summed E-state index contributed by atoms with van der Waals surface area (Å²) in [4.78, 5) is 33.1. The van der Waals surface area contributed by atoms with Gasteiger partial charge in [0.15, 0.2) is 22.9 Å². The van der Waals surface area contributed by atoms with Gasteiger partial charge < -0.3 is 19.1 Å². The third-order valence-electron chi connectivity index (χ3n) is 6.35. The van der Waals surface area contributed by atoms with Gasteiger partial charge in [0, 0.05) is 32.4 Å². The molecule has 0 saturated carbocycles. The Morgan fingerprint density at radius 1 is 1.29 bits per heavy atom. The minimum atomic E-state index is -0.349. The molecule has 3 heterocycles. The number of halogens is 1. The Balaban J connectivity index is 1.26. The van der Waals surface area contributed by atoms with Gasteiger partial charge in [-0.25, -0.2) is 9.37 Å². The Hall–Kier alpha value is -3.24. The first kappa shape index (κ1) is 23.5. The van der Waals surface area contributed by atoms with Crippen molar-refractivity contribution in [1.29, 1.82) is 0 Å². The highest BCUT2D eigenvalue weighted by Gasteiger charge is 2.33. The molecule has 0 N–H and O–H groups in total. The number of aromatic nitrogens is 1. The van der Waals surface area contributed by atoms with Crippen LogP contribution in [0.15, 0.2) is 36.4 Å². The summed E-state index contributed by atoms with van der Waals surface area (Å²) < 4.78 is 31.2. The van der Waals surface area contributed by atoms with Gasteiger partial charge in [-0.2, -0.15) is 0 Å². The molecule has 2 amide bonds. The van der Waals surface area contributed by atoms with Crippen molar-refractivity contribution in [3.63, 3.8) is 0 Å². The molecule has 1 unspecified atom stereocenters. The van der Waals surface area contributed by atoms with Crippen molar-refractivity contribution in [3.8, 4) is 11.5 Å². The quantitative estimate of drug-likeness (QED) is 0.490. The van der Waals surface area contributed by atoms with Gasteiger partial charge in [0.2, 0.25) is 11.8 Å². The molecule has 8 nitrogen and oxygen atoms in total. The summed E-state index contributed by atoms with van der Waals surface area (Å²) in [6, 6.07) is 9.99. The van der Waals surface area contributed by atoms with Gasteiger partial charge in [-0.05, 0) is 42.3 Å². The maximum Gasteiger partial charge on any atom is 0.248 e. The van der Waals surface area contributed by atoms with Crippen molar-refractivity contribution < 1.29 is 28.2 Å². The third-order valence-corrected chi connectivity index (χ3v) is 7.44. The summed E-state index contributed by atoms with van der Waals surface area (Å²) in [6.45, 7) is 1.05. The predicted molar refractivity (Wildman–Crippen MR) is 130 cm³/mol. The van der Waals surface area contributed by atoms with E-state index in [9.17, 15) is 14.0 Å². The van der Waals surface area contributed by atoms with Gasteiger partial charge in [-0.15, -0.1) is 0 Å². The monoisotopic (exact) mass is 499 g/mol. The molecule has 10 heteroatoms. The Bertz CT molecular complexity index is 1260. The number of likely N-dealkylation sites (N-methyl/N-ethyl adjacent to an activating group) is 1. The Labute approximate surface area is 206 Å². The second-order valence-electron chi connectivity index (χ2n) is 8.71. The van der Waals surface area contributed by atoms with Gasteiger partial charge in [0.05, 0.1) is 23.9 Å². The van der Waals surface area contributed by atoms with Crippen molar-refractivity contribution in [2.45, 2.75) is 31.5 Å². The molecule has 2 atom stereocenters. The fourth-order valence-corrected chi connectivity index (χ4v) is 5.35. The summed E-state index contributed by atoms with van der Waals surface area (Å²) in [7, 11) is 3.20. The molecule has 2 aliphatic rings. The number of methoxy groups -OCH3 is 1. The Morgan fingerprint density at radius 2 is 2.14 bits per heavy atom. The van der Waals surface area contributed by atoms with E-state index in [0.29, 0.717) is 46.4 Å². The minimum absolute atomic E-state index is 0.0501. The van der Waals surface area contributed by atoms with Crippen LogP contribution in [-0.2, 0) is 14.3 Å². The number of rotatable bonds is 7. The molecule has 0 aliphatic carbocycles. The molecule has 184 valence electrons. The summed E-state index contributed by atoms with van der Waals surface area (Å²) in [5.74, 6) is 0.446. The number of hydrogen-bond acceptors (Lipinski definition) is 7. The lowest BCUT2D eigenvalue weighted by Gasteiger charge is -2.21. The zero-order valence-electron chi connectivity index (χ0n) is 19.5. The van der Waals surface area contributed by atoms with E-state index in [0.717, 1.165) is 18.4 Å². The van der Waals surface area contributed by atoms with Crippen molar-refractivity contribution in [2.24, 2.45) is 0 Å². The number of fused-ring (bicyclic) bond motifs is 1. The van der Waals surface area contributed by atoms with Crippen LogP contribution in [0.4, 0.5) is 9.52 Å². The number of likely N-dealkylation sites (tertiary alicyclic amines) is 1. The average molecular weight is 500 g/mol. The molecule has 3 aromatic rings. The summed E-state index contributed by atoms with van der Waals surface area (Å²) in [5, 5.41) is 0.463. The SMILES string of the molecule is COc1ccc([C@@H]2CC(=O)N(CC(=O)N(C)c3nc4ccc(F)cc4s3)C2)cc1OC1CCCO1. The van der Waals surface area contributed by atoms with E-state index in [2.05, 4.69) is 4.98 Å². The highest BCUT2D eigenvalue weighted by Crippen LogP contribution is 2.36. The molecule has 2 saturated heterocycles. The van der Waals surface area contributed by atoms with E-state index < -0.39 is 0 Å². The van der Waals surface area contributed by atoms with E-state index in [-0.39, 0.29) is 36.4 Å². The number of anilines is 1. The summed E-state index contributed by atoms with van der Waals surface area (Å²) in [5.41, 5.74) is 1.58. The normalized spacial score (nSPS) is 20.0. The van der Waals surface area contributed by atoms with Crippen molar-refractivity contribution in [3.05, 3.63) is 47.8 Å². The molecule has 2 aliphatic heterocycles. The molecule has 1 aromatic heterocycles. The Morgan fingerprint density at radius 3 is 2.91 bits per heavy atom. The number of benzene rings is 2. The van der Waals surface area contributed by atoms with E-state index >= 15 is 0 Å². The zero-order valence-corrected chi connectivity index (χ0v) is 20.3. The smallest absolute Gasteiger partial charge is 0.248 e. The lowest BCUT2D eigenvalue weighted by Crippen LogP contribution is -2.39. The lowest BCUT2D eigenvalue weighted by molar-refractivity contribution is -0.132. The molecule has 35 heavy (non-hydrogen) atoms. The topological polar surface area (TPSA) is 81.2 Å². The number of carbonyl (C=O) groups excluding carboxylic acids is 2. The van der Waals surface area contributed by atoms with Gasteiger partial charge in [0.1, 0.15) is 12.4 Å². The van der Waals surface area contributed by atoms with Gasteiger partial charge in [-0.3, -0.25) is 14.5 Å². The van der Waals surface area contributed by atoms with E-state index in [1.54, 1.807) is 25.1 Å². The fourth-order valence-electron chi connectivity index (χ4n) is 4.38. The first-order valence-electron chi connectivity index (χ1n) is 11.5. The van der Waals surface area contributed by atoms with Gasteiger partial charge in [-0.1, -0.05) is 17.4 Å². The largest absolute Gasteiger partial charge is 0.493 e. The molecular weight excluding hydrogens is 473 g/mol. The molecule has 5 rings (SSSR count). The second-order valence-corrected chi connectivity index (χ2v) is 9.72. The van der Waals surface area contributed by atoms with Crippen LogP contribution in [0.3, 0.4) is 0 Å². The summed E-state index contributed by atoms with van der Waals surface area (Å²) >= 11 is 1.24. The highest BCUT2D eigenvalue weighted by atomic mass is 32.1. The molecule has 0 bridgehead atoms.